The van der Waals surface area contributed by atoms with Crippen LogP contribution >= 0.6 is 0 Å². The molecule has 1 aliphatic rings. The lowest BCUT2D eigenvalue weighted by molar-refractivity contribution is 0.570. The van der Waals surface area contributed by atoms with Crippen LogP contribution in [0.4, 0.5) is 8.78 Å². The van der Waals surface area contributed by atoms with Crippen molar-refractivity contribution in [3.8, 4) is 0 Å². The highest BCUT2D eigenvalue weighted by molar-refractivity contribution is 5.92. The van der Waals surface area contributed by atoms with Gasteiger partial charge in [-0.1, -0.05) is 49.9 Å². The van der Waals surface area contributed by atoms with Gasteiger partial charge in [0.1, 0.15) is 11.6 Å². The molecule has 22 heavy (non-hydrogen) atoms. The van der Waals surface area contributed by atoms with Crippen molar-refractivity contribution >= 4 is 11.3 Å². The van der Waals surface area contributed by atoms with Crippen LogP contribution in [-0.4, -0.2) is 0 Å². The Morgan fingerprint density at radius 3 is 2.27 bits per heavy atom. The van der Waals surface area contributed by atoms with Gasteiger partial charge in [-0.3, -0.25) is 0 Å². The predicted molar refractivity (Wildman–Crippen MR) is 85.7 cm³/mol. The topological polar surface area (TPSA) is 12.0 Å². The van der Waals surface area contributed by atoms with Gasteiger partial charge >= 0.3 is 0 Å². The molecule has 0 spiro atoms. The van der Waals surface area contributed by atoms with Gasteiger partial charge in [0.15, 0.2) is 0 Å². The second-order valence-electron chi connectivity index (χ2n) is 5.57. The molecule has 0 saturated carbocycles. The van der Waals surface area contributed by atoms with E-state index in [2.05, 4.69) is 11.9 Å². The van der Waals surface area contributed by atoms with E-state index in [1.54, 1.807) is 0 Å². The Kier molecular flexibility index (Phi) is 3.80. The van der Waals surface area contributed by atoms with E-state index in [1.165, 1.54) is 18.2 Å². The Hall–Kier alpha value is -2.42. The third-order valence-corrected chi connectivity index (χ3v) is 4.03. The summed E-state index contributed by atoms with van der Waals surface area (Å²) in [5.74, 6) is -0.939. The molecule has 0 amide bonds. The minimum atomic E-state index is -0.571. The van der Waals surface area contributed by atoms with E-state index in [4.69, 9.17) is 0 Å². The molecule has 112 valence electrons. The first-order valence-electron chi connectivity index (χ1n) is 7.26. The molecule has 1 heterocycles. The molecule has 2 aromatic rings. The van der Waals surface area contributed by atoms with Gasteiger partial charge in [0.05, 0.1) is 11.3 Å². The third kappa shape index (κ3) is 2.54. The van der Waals surface area contributed by atoms with Crippen LogP contribution in [0.2, 0.25) is 0 Å². The maximum atomic E-state index is 14.2. The standard InChI is InChI=1S/C19H17F2N/c1-12-11-15(14-7-4-3-5-8-14)19(22-13(12)2)18-16(20)9-6-10-17(18)21/h3-10,12,22H,2,11H2,1H3. The molecule has 1 nitrogen and oxygen atoms in total. The molecule has 2 aromatic carbocycles. The van der Waals surface area contributed by atoms with E-state index >= 15 is 0 Å². The highest BCUT2D eigenvalue weighted by Crippen LogP contribution is 2.38. The number of halogens is 2. The van der Waals surface area contributed by atoms with Crippen molar-refractivity contribution in [3.63, 3.8) is 0 Å². The molecule has 0 fully saturated rings. The fourth-order valence-electron chi connectivity index (χ4n) is 2.74. The molecular weight excluding hydrogens is 280 g/mol. The molecule has 3 heteroatoms. The zero-order chi connectivity index (χ0) is 15.7. The lowest BCUT2D eigenvalue weighted by Crippen LogP contribution is -2.25. The SMILES string of the molecule is C=C1NC(c2c(F)cccc2F)=C(c2ccccc2)CC1C. The van der Waals surface area contributed by atoms with Crippen LogP contribution < -0.4 is 5.32 Å². The maximum absolute atomic E-state index is 14.2. The summed E-state index contributed by atoms with van der Waals surface area (Å²) in [6, 6.07) is 13.6. The maximum Gasteiger partial charge on any atom is 0.135 e. The van der Waals surface area contributed by atoms with Crippen LogP contribution in [0.3, 0.4) is 0 Å². The second kappa shape index (κ2) is 5.76. The van der Waals surface area contributed by atoms with Crippen molar-refractivity contribution < 1.29 is 8.78 Å². The van der Waals surface area contributed by atoms with Gasteiger partial charge in [-0.2, -0.15) is 0 Å². The monoisotopic (exact) mass is 297 g/mol. The van der Waals surface area contributed by atoms with Crippen LogP contribution in [0, 0.1) is 17.6 Å². The number of hydrogen-bond acceptors (Lipinski definition) is 1. The normalized spacial score (nSPS) is 18.3. The van der Waals surface area contributed by atoms with Crippen molar-refractivity contribution in [2.24, 2.45) is 5.92 Å². The Balaban J connectivity index is 2.24. The quantitative estimate of drug-likeness (QED) is 0.824. The van der Waals surface area contributed by atoms with Crippen molar-refractivity contribution in [3.05, 3.63) is 83.6 Å². The lowest BCUT2D eigenvalue weighted by Gasteiger charge is -2.29. The molecule has 0 saturated heterocycles. The van der Waals surface area contributed by atoms with Gasteiger partial charge in [0.2, 0.25) is 0 Å². The van der Waals surface area contributed by atoms with E-state index in [9.17, 15) is 8.78 Å². The summed E-state index contributed by atoms with van der Waals surface area (Å²) in [5.41, 5.74) is 3.10. The van der Waals surface area contributed by atoms with Crippen molar-refractivity contribution in [2.75, 3.05) is 0 Å². The van der Waals surface area contributed by atoms with Crippen molar-refractivity contribution in [2.45, 2.75) is 13.3 Å². The Labute approximate surface area is 129 Å². The average molecular weight is 297 g/mol. The molecular formula is C19H17F2N. The van der Waals surface area contributed by atoms with Crippen molar-refractivity contribution in [1.82, 2.24) is 5.32 Å². The first kappa shape index (κ1) is 14.5. The van der Waals surface area contributed by atoms with Crippen LogP contribution in [-0.2, 0) is 0 Å². The van der Waals surface area contributed by atoms with Crippen LogP contribution in [0.15, 0.2) is 60.8 Å². The summed E-state index contributed by atoms with van der Waals surface area (Å²) in [7, 11) is 0. The molecule has 0 radical (unpaired) electrons. The minimum absolute atomic E-state index is 0.0191. The van der Waals surface area contributed by atoms with Gasteiger partial charge in [0, 0.05) is 5.70 Å². The first-order valence-corrected chi connectivity index (χ1v) is 7.26. The number of allylic oxidation sites excluding steroid dienone is 2. The van der Waals surface area contributed by atoms with Crippen LogP contribution in [0.1, 0.15) is 24.5 Å². The summed E-state index contributed by atoms with van der Waals surface area (Å²) >= 11 is 0. The highest BCUT2D eigenvalue weighted by atomic mass is 19.1. The molecule has 0 bridgehead atoms. The van der Waals surface area contributed by atoms with Gasteiger partial charge < -0.3 is 5.32 Å². The van der Waals surface area contributed by atoms with Crippen LogP contribution in [0.5, 0.6) is 0 Å². The second-order valence-corrected chi connectivity index (χ2v) is 5.57. The van der Waals surface area contributed by atoms with Gasteiger partial charge in [0.25, 0.3) is 0 Å². The number of nitrogens with one attached hydrogen (secondary N) is 1. The Morgan fingerprint density at radius 1 is 1.00 bits per heavy atom. The zero-order valence-electron chi connectivity index (χ0n) is 12.4. The molecule has 1 N–H and O–H groups in total. The summed E-state index contributed by atoms with van der Waals surface area (Å²) < 4.78 is 28.4. The van der Waals surface area contributed by atoms with Crippen LogP contribution in [0.25, 0.3) is 11.3 Å². The lowest BCUT2D eigenvalue weighted by atomic mass is 9.86. The third-order valence-electron chi connectivity index (χ3n) is 4.03. The number of benzene rings is 2. The largest absolute Gasteiger partial charge is 0.358 e. The molecule has 0 aromatic heterocycles. The van der Waals surface area contributed by atoms with Gasteiger partial charge in [-0.25, -0.2) is 8.78 Å². The summed E-state index contributed by atoms with van der Waals surface area (Å²) in [6.07, 6.45) is 0.693. The van der Waals surface area contributed by atoms with E-state index < -0.39 is 11.6 Å². The molecule has 1 unspecified atom stereocenters. The van der Waals surface area contributed by atoms with Gasteiger partial charge in [-0.05, 0) is 35.6 Å². The fourth-order valence-corrected chi connectivity index (χ4v) is 2.74. The number of rotatable bonds is 2. The van der Waals surface area contributed by atoms with Crippen molar-refractivity contribution in [1.29, 1.82) is 0 Å². The Bertz CT molecular complexity index is 727. The summed E-state index contributed by atoms with van der Waals surface area (Å²) in [4.78, 5) is 0. The smallest absolute Gasteiger partial charge is 0.135 e. The molecule has 3 rings (SSSR count). The highest BCUT2D eigenvalue weighted by Gasteiger charge is 2.26. The van der Waals surface area contributed by atoms with E-state index in [-0.39, 0.29) is 11.5 Å². The first-order chi connectivity index (χ1) is 10.6. The minimum Gasteiger partial charge on any atom is -0.358 e. The summed E-state index contributed by atoms with van der Waals surface area (Å²) in [5, 5.41) is 3.12. The molecule has 1 atom stereocenters. The average Bonchev–Trinajstić information content (AvgIpc) is 2.51. The molecule has 1 aliphatic heterocycles. The predicted octanol–water partition coefficient (Wildman–Crippen LogP) is 4.98. The van der Waals surface area contributed by atoms with E-state index in [1.807, 2.05) is 37.3 Å². The Morgan fingerprint density at radius 2 is 1.64 bits per heavy atom. The summed E-state index contributed by atoms with van der Waals surface area (Å²) in [6.45, 7) is 6.02. The zero-order valence-corrected chi connectivity index (χ0v) is 12.4. The van der Waals surface area contributed by atoms with Gasteiger partial charge in [-0.15, -0.1) is 0 Å². The molecule has 0 aliphatic carbocycles. The fraction of sp³-hybridized carbons (Fsp3) is 0.158. The van der Waals surface area contributed by atoms with E-state index in [0.29, 0.717) is 12.1 Å². The van der Waals surface area contributed by atoms with E-state index in [0.717, 1.165) is 16.8 Å². The number of hydrogen-bond donors (Lipinski definition) is 1.